The average Bonchev–Trinajstić information content (AvgIpc) is 2.75. The predicted octanol–water partition coefficient (Wildman–Crippen LogP) is 8.22. The molecule has 0 aromatic heterocycles. The van der Waals surface area contributed by atoms with Crippen LogP contribution in [0.25, 0.3) is 0 Å². The highest BCUT2D eigenvalue weighted by Crippen LogP contribution is 2.12. The number of hydrogen-bond donors (Lipinski definition) is 1. The summed E-state index contributed by atoms with van der Waals surface area (Å²) in [7, 11) is 0. The number of carbonyl (C=O) groups excluding carboxylic acids is 2. The normalized spacial score (nSPS) is 10.6. The minimum Gasteiger partial charge on any atom is -0.394 e. The molecule has 0 unspecified atom stereocenters. The maximum Gasteiger partial charge on any atom is 0.355 e. The molecule has 0 atom stereocenters. The van der Waals surface area contributed by atoms with Crippen LogP contribution in [-0.4, -0.2) is 23.1 Å². The molecule has 0 heterocycles. The van der Waals surface area contributed by atoms with Crippen LogP contribution in [-0.2, 0) is 19.4 Å². The van der Waals surface area contributed by atoms with Crippen molar-refractivity contribution in [3.63, 3.8) is 0 Å². The summed E-state index contributed by atoms with van der Waals surface area (Å²) in [6, 6.07) is 0. The summed E-state index contributed by atoms with van der Waals surface area (Å²) in [6.45, 7) is 7.90. The molecule has 5 heteroatoms. The van der Waals surface area contributed by atoms with Gasteiger partial charge in [-0.1, -0.05) is 117 Å². The van der Waals surface area contributed by atoms with E-state index in [-0.39, 0.29) is 6.10 Å². The Kier molecular flexibility index (Phi) is 28.9. The fraction of sp³-hybridized carbons (Fsp3) is 0.926. The van der Waals surface area contributed by atoms with Gasteiger partial charge in [0.2, 0.25) is 0 Å². The molecule has 0 amide bonds. The van der Waals surface area contributed by atoms with Crippen molar-refractivity contribution in [1.29, 1.82) is 0 Å². The maximum atomic E-state index is 11.6. The van der Waals surface area contributed by atoms with Crippen molar-refractivity contribution in [2.24, 2.45) is 0 Å². The van der Waals surface area contributed by atoms with E-state index in [2.05, 4.69) is 23.6 Å². The van der Waals surface area contributed by atoms with Crippen LogP contribution < -0.4 is 0 Å². The number of aliphatic hydroxyl groups excluding tert-OH is 1. The summed E-state index contributed by atoms with van der Waals surface area (Å²) in [4.78, 5) is 32.4. The minimum absolute atomic E-state index is 0.167. The molecule has 0 bridgehead atoms. The second-order valence-electron chi connectivity index (χ2n) is 9.16. The standard InChI is InChI=1S/C24H46O4.C3H8O/c1-3-5-7-9-11-13-15-17-19-21-23(25)27-28-24(26)22-20-18-16-14-12-10-8-6-4-2;1-3(2)4/h3-22H2,1-2H3;3-4H,1-2H3. The Hall–Kier alpha value is -1.10. The molecule has 0 rings (SSSR count). The van der Waals surface area contributed by atoms with Crippen LogP contribution in [0.1, 0.15) is 156 Å². The Morgan fingerprint density at radius 1 is 0.531 bits per heavy atom. The van der Waals surface area contributed by atoms with Crippen molar-refractivity contribution >= 4 is 11.9 Å². The molecule has 0 aliphatic carbocycles. The maximum absolute atomic E-state index is 11.6. The lowest BCUT2D eigenvalue weighted by molar-refractivity contribution is -0.259. The van der Waals surface area contributed by atoms with Crippen LogP contribution in [0.3, 0.4) is 0 Å². The number of unbranched alkanes of at least 4 members (excludes halogenated alkanes) is 16. The van der Waals surface area contributed by atoms with Gasteiger partial charge in [-0.05, 0) is 26.7 Å². The fourth-order valence-corrected chi connectivity index (χ4v) is 3.34. The number of carbonyl (C=O) groups is 2. The van der Waals surface area contributed by atoms with Gasteiger partial charge in [-0.15, -0.1) is 0 Å². The summed E-state index contributed by atoms with van der Waals surface area (Å²) in [5, 5.41) is 8.06. The largest absolute Gasteiger partial charge is 0.394 e. The van der Waals surface area contributed by atoms with Gasteiger partial charge >= 0.3 is 11.9 Å². The van der Waals surface area contributed by atoms with Gasteiger partial charge in [0.1, 0.15) is 0 Å². The smallest absolute Gasteiger partial charge is 0.355 e. The summed E-state index contributed by atoms with van der Waals surface area (Å²) in [6.07, 6.45) is 22.2. The summed E-state index contributed by atoms with van der Waals surface area (Å²) in [5.74, 6) is -0.855. The average molecular weight is 459 g/mol. The van der Waals surface area contributed by atoms with Gasteiger partial charge < -0.3 is 5.11 Å². The van der Waals surface area contributed by atoms with E-state index in [1.165, 1.54) is 77.0 Å². The van der Waals surface area contributed by atoms with Crippen molar-refractivity contribution in [2.45, 2.75) is 162 Å². The molecule has 0 spiro atoms. The predicted molar refractivity (Wildman–Crippen MR) is 133 cm³/mol. The zero-order valence-electron chi connectivity index (χ0n) is 21.8. The third kappa shape index (κ3) is 33.5. The first-order valence-corrected chi connectivity index (χ1v) is 13.5. The Bertz CT molecular complexity index is 359. The van der Waals surface area contributed by atoms with Crippen LogP contribution in [0.15, 0.2) is 0 Å². The fourth-order valence-electron chi connectivity index (χ4n) is 3.34. The number of rotatable bonds is 20. The molecule has 5 nitrogen and oxygen atoms in total. The van der Waals surface area contributed by atoms with E-state index >= 15 is 0 Å². The molecule has 0 aromatic carbocycles. The van der Waals surface area contributed by atoms with Gasteiger partial charge in [-0.2, -0.15) is 0 Å². The number of hydrogen-bond acceptors (Lipinski definition) is 5. The SMILES string of the molecule is CC(C)O.CCCCCCCCCCCC(=O)OOC(=O)CCCCCCCCCCC. The molecular formula is C27H54O5. The van der Waals surface area contributed by atoms with Gasteiger partial charge in [0.05, 0.1) is 12.8 Å². The third-order valence-electron chi connectivity index (χ3n) is 5.20. The van der Waals surface area contributed by atoms with Crippen molar-refractivity contribution in [3.05, 3.63) is 0 Å². The second-order valence-corrected chi connectivity index (χ2v) is 9.16. The van der Waals surface area contributed by atoms with E-state index in [4.69, 9.17) is 5.11 Å². The van der Waals surface area contributed by atoms with Gasteiger partial charge in [0.15, 0.2) is 0 Å². The molecule has 0 radical (unpaired) electrons. The van der Waals surface area contributed by atoms with E-state index in [9.17, 15) is 9.59 Å². The van der Waals surface area contributed by atoms with Crippen LogP contribution >= 0.6 is 0 Å². The quantitative estimate of drug-likeness (QED) is 0.113. The zero-order chi connectivity index (χ0) is 24.3. The minimum atomic E-state index is -0.427. The summed E-state index contributed by atoms with van der Waals surface area (Å²) in [5.41, 5.74) is 0. The highest BCUT2D eigenvalue weighted by molar-refractivity contribution is 5.72. The highest BCUT2D eigenvalue weighted by atomic mass is 17.2. The lowest BCUT2D eigenvalue weighted by Gasteiger charge is -2.04. The van der Waals surface area contributed by atoms with Crippen molar-refractivity contribution in [1.82, 2.24) is 0 Å². The first kappa shape index (κ1) is 33.1. The Labute approximate surface area is 199 Å². The molecule has 0 aliphatic heterocycles. The van der Waals surface area contributed by atoms with Crippen LogP contribution in [0.4, 0.5) is 0 Å². The summed E-state index contributed by atoms with van der Waals surface area (Å²) >= 11 is 0. The molecule has 0 saturated carbocycles. The van der Waals surface area contributed by atoms with E-state index in [1.54, 1.807) is 13.8 Å². The Morgan fingerprint density at radius 3 is 1.00 bits per heavy atom. The van der Waals surface area contributed by atoms with Crippen molar-refractivity contribution in [3.8, 4) is 0 Å². The lowest BCUT2D eigenvalue weighted by Crippen LogP contribution is -2.11. The molecule has 192 valence electrons. The van der Waals surface area contributed by atoms with Gasteiger partial charge in [0, 0.05) is 6.10 Å². The highest BCUT2D eigenvalue weighted by Gasteiger charge is 2.09. The molecule has 0 aliphatic rings. The molecule has 32 heavy (non-hydrogen) atoms. The van der Waals surface area contributed by atoms with E-state index in [0.717, 1.165) is 38.5 Å². The lowest BCUT2D eigenvalue weighted by atomic mass is 10.1. The first-order valence-electron chi connectivity index (χ1n) is 13.5. The topological polar surface area (TPSA) is 72.8 Å². The van der Waals surface area contributed by atoms with E-state index in [0.29, 0.717) is 12.8 Å². The van der Waals surface area contributed by atoms with E-state index < -0.39 is 11.9 Å². The van der Waals surface area contributed by atoms with Gasteiger partial charge in [-0.25, -0.2) is 19.4 Å². The first-order chi connectivity index (χ1) is 15.4. The van der Waals surface area contributed by atoms with Crippen LogP contribution in [0.2, 0.25) is 0 Å². The van der Waals surface area contributed by atoms with Gasteiger partial charge in [0.25, 0.3) is 0 Å². The van der Waals surface area contributed by atoms with Gasteiger partial charge in [-0.3, -0.25) is 0 Å². The Balaban J connectivity index is 0. The van der Waals surface area contributed by atoms with Crippen molar-refractivity contribution < 1.29 is 24.5 Å². The van der Waals surface area contributed by atoms with E-state index in [1.807, 2.05) is 0 Å². The Morgan fingerprint density at radius 2 is 0.750 bits per heavy atom. The van der Waals surface area contributed by atoms with Crippen molar-refractivity contribution in [2.75, 3.05) is 0 Å². The second kappa shape index (κ2) is 27.9. The number of aliphatic hydroxyl groups is 1. The zero-order valence-corrected chi connectivity index (χ0v) is 21.8. The molecular weight excluding hydrogens is 404 g/mol. The third-order valence-corrected chi connectivity index (χ3v) is 5.20. The molecule has 0 fully saturated rings. The summed E-state index contributed by atoms with van der Waals surface area (Å²) < 4.78 is 0. The molecule has 0 aromatic rings. The molecule has 0 saturated heterocycles. The van der Waals surface area contributed by atoms with Crippen LogP contribution in [0, 0.1) is 0 Å². The molecule has 1 N–H and O–H groups in total. The monoisotopic (exact) mass is 458 g/mol. The van der Waals surface area contributed by atoms with Crippen LogP contribution in [0.5, 0.6) is 0 Å².